The monoisotopic (exact) mass is 897 g/mol. The fourth-order valence-electron chi connectivity index (χ4n) is 6.02. The zero-order valence-corrected chi connectivity index (χ0v) is 28.3. The lowest BCUT2D eigenvalue weighted by molar-refractivity contribution is -0.875. The van der Waals surface area contributed by atoms with Gasteiger partial charge in [0, 0.05) is 10.8 Å². The highest BCUT2D eigenvalue weighted by molar-refractivity contribution is 7.20. The number of nitro groups is 1. The van der Waals surface area contributed by atoms with E-state index in [4.69, 9.17) is 4.84 Å². The number of non-ortho nitro benzene ring substituents is 1. The van der Waals surface area contributed by atoms with Crippen LogP contribution in [0, 0.1) is 126 Å². The van der Waals surface area contributed by atoms with Gasteiger partial charge in [-0.2, -0.15) is 0 Å². The Hall–Kier alpha value is -6.96. The van der Waals surface area contributed by atoms with Gasteiger partial charge in [-0.25, -0.2) is 92.6 Å². The number of halogens is 20. The Morgan fingerprint density at radius 3 is 0.967 bits per heavy atom. The number of aromatic nitrogens is 2. The van der Waals surface area contributed by atoms with Crippen LogP contribution < -0.4 is 31.4 Å². The lowest BCUT2D eigenvalue weighted by Gasteiger charge is -2.44. The van der Waals surface area contributed by atoms with E-state index >= 15 is 35.1 Å². The van der Waals surface area contributed by atoms with Crippen LogP contribution in [-0.2, 0) is 0 Å². The van der Waals surface area contributed by atoms with Crippen LogP contribution in [0.2, 0.25) is 0 Å². The summed E-state index contributed by atoms with van der Waals surface area (Å²) in [4.78, 5) is 19.2. The summed E-state index contributed by atoms with van der Waals surface area (Å²) in [5, 5.41) is 10.5. The molecule has 6 aromatic rings. The van der Waals surface area contributed by atoms with Gasteiger partial charge >= 0.3 is 0 Å². The highest BCUT2D eigenvalue weighted by atomic mass is 19.2. The Bertz CT molecular complexity index is 2400. The van der Waals surface area contributed by atoms with Crippen molar-refractivity contribution in [2.24, 2.45) is 0 Å². The molecule has 0 spiro atoms. The van der Waals surface area contributed by atoms with Gasteiger partial charge in [-0.1, -0.05) is 6.07 Å². The van der Waals surface area contributed by atoms with Crippen molar-refractivity contribution in [2.75, 3.05) is 0 Å². The number of nitro benzene ring substituents is 1. The summed E-state index contributed by atoms with van der Waals surface area (Å²) in [7, 11) is 0. The van der Waals surface area contributed by atoms with Crippen LogP contribution in [-0.4, -0.2) is 16.1 Å². The molecule has 0 atom stereocenters. The second-order valence-electron chi connectivity index (χ2n) is 11.8. The smallest absolute Gasteiger partial charge is 0.258 e. The second-order valence-corrected chi connectivity index (χ2v) is 11.8. The van der Waals surface area contributed by atoms with Gasteiger partial charge in [-0.05, 0) is 6.07 Å². The van der Waals surface area contributed by atoms with Gasteiger partial charge in [0.1, 0.15) is 52.7 Å². The molecule has 0 radical (unpaired) electrons. The molecule has 320 valence electrons. The predicted octanol–water partition coefficient (Wildman–Crippen LogP) is 6.97. The third kappa shape index (κ3) is 7.15. The van der Waals surface area contributed by atoms with Gasteiger partial charge in [-0.15, -0.1) is 21.9 Å². The van der Waals surface area contributed by atoms with Crippen LogP contribution in [0.25, 0.3) is 0 Å². The predicted molar refractivity (Wildman–Crippen MR) is 163 cm³/mol. The average Bonchev–Trinajstić information content (AvgIpc) is 3.24. The topological polar surface area (TPSA) is 69.1 Å². The maximum Gasteiger partial charge on any atom is 0.273 e. The first-order valence-electron chi connectivity index (χ1n) is 15.4. The molecule has 0 saturated carbocycles. The molecule has 27 heteroatoms. The van der Waals surface area contributed by atoms with Crippen molar-refractivity contribution < 1.29 is 102 Å². The first-order chi connectivity index (χ1) is 28.5. The maximum atomic E-state index is 15.4. The van der Waals surface area contributed by atoms with Crippen LogP contribution in [0.3, 0.4) is 0 Å². The van der Waals surface area contributed by atoms with Crippen molar-refractivity contribution in [3.8, 4) is 5.75 Å². The van der Waals surface area contributed by atoms with Gasteiger partial charge in [0.15, 0.2) is 69.8 Å². The number of rotatable bonds is 7. The summed E-state index contributed by atoms with van der Waals surface area (Å²) < 4.78 is 295. The van der Waals surface area contributed by atoms with Crippen LogP contribution in [0.1, 0.15) is 0 Å². The van der Waals surface area contributed by atoms with Crippen LogP contribution in [0.4, 0.5) is 93.5 Å². The van der Waals surface area contributed by atoms with Gasteiger partial charge < -0.3 is 0 Å². The van der Waals surface area contributed by atoms with Gasteiger partial charge in [0.2, 0.25) is 18.1 Å². The molecule has 0 aliphatic heterocycles. The third-order valence-electron chi connectivity index (χ3n) is 8.55. The van der Waals surface area contributed by atoms with E-state index in [1.807, 2.05) is 0 Å². The van der Waals surface area contributed by atoms with Crippen molar-refractivity contribution in [3.63, 3.8) is 0 Å². The fourth-order valence-corrected chi connectivity index (χ4v) is 6.02. The minimum atomic E-state index is -7.22. The molecular formula is C34H8BF20N3O3. The van der Waals surface area contributed by atoms with Crippen LogP contribution in [0.5, 0.6) is 5.75 Å². The Kier molecular flexibility index (Phi) is 12.3. The van der Waals surface area contributed by atoms with E-state index in [1.54, 1.807) is 36.9 Å². The quantitative estimate of drug-likeness (QED) is 0.0331. The molecule has 0 aliphatic carbocycles. The second kappa shape index (κ2) is 16.6. The van der Waals surface area contributed by atoms with E-state index in [2.05, 4.69) is 4.98 Å². The Morgan fingerprint density at radius 1 is 0.443 bits per heavy atom. The van der Waals surface area contributed by atoms with Crippen molar-refractivity contribution in [2.45, 2.75) is 0 Å². The maximum absolute atomic E-state index is 15.4. The molecule has 61 heavy (non-hydrogen) atoms. The normalized spacial score (nSPS) is 11.4. The standard InChI is InChI=1S/C24BF20.C10H8N3O3/c26-5-1(6(27)14(35)21(42)13(5)34)25(2-7(28)15(36)22(43)16(37)8(2)29,3-9(30)17(38)23(44)18(39)10(3)31)4-11(32)19(40)24(45)20(41)12(4)33;14-13(15)9-2-1-3-10(8-9)16-12-6-4-11-5-7-12/h;1-8H/q-1;+1. The number of hydrogen-bond acceptors (Lipinski definition) is 4. The largest absolute Gasteiger partial charge is 0.273 e. The first kappa shape index (κ1) is 45.1. The third-order valence-corrected chi connectivity index (χ3v) is 8.55. The van der Waals surface area contributed by atoms with E-state index in [1.165, 1.54) is 16.9 Å². The summed E-state index contributed by atoms with van der Waals surface area (Å²) >= 11 is 0. The first-order valence-corrected chi connectivity index (χ1v) is 15.4. The van der Waals surface area contributed by atoms with Gasteiger partial charge in [0.25, 0.3) is 5.69 Å². The zero-order chi connectivity index (χ0) is 45.7. The molecule has 0 aliphatic rings. The molecule has 1 aromatic heterocycles. The molecule has 1 heterocycles. The fraction of sp³-hybridized carbons (Fsp3) is 0. The average molecular weight is 897 g/mol. The summed E-state index contributed by atoms with van der Waals surface area (Å²) in [6, 6.07) is 5.97. The Balaban J connectivity index is 0.000000366. The van der Waals surface area contributed by atoms with E-state index in [-0.39, 0.29) is 5.69 Å². The minimum Gasteiger partial charge on any atom is -0.258 e. The number of hydrogen-bond donors (Lipinski definition) is 0. The number of benzene rings is 5. The lowest BCUT2D eigenvalue weighted by Crippen LogP contribution is -2.81. The van der Waals surface area contributed by atoms with E-state index < -0.39 is 149 Å². The van der Waals surface area contributed by atoms with Crippen molar-refractivity contribution in [1.29, 1.82) is 0 Å². The Labute approximate surface area is 322 Å². The molecule has 0 bridgehead atoms. The van der Waals surface area contributed by atoms with Gasteiger partial charge in [0.05, 0.1) is 23.4 Å². The van der Waals surface area contributed by atoms with Crippen LogP contribution >= 0.6 is 0 Å². The molecule has 0 amide bonds. The molecule has 0 N–H and O–H groups in total. The SMILES string of the molecule is Fc1c(F)c(F)c([B-](c2c(F)c(F)c(F)c(F)c2F)(c2c(F)c(F)c(F)c(F)c2F)c2c(F)c(F)c(F)c(F)c2F)c(F)c1F.O=[N+]([O-])c1cccc(O[n+]2ccncc2)c1. The van der Waals surface area contributed by atoms with Crippen LogP contribution in [0.15, 0.2) is 49.1 Å². The van der Waals surface area contributed by atoms with Gasteiger partial charge in [-0.3, -0.25) is 15.1 Å². The van der Waals surface area contributed by atoms with Crippen molar-refractivity contribution in [1.82, 2.24) is 4.98 Å². The molecular weight excluding hydrogens is 889 g/mol. The minimum absolute atomic E-state index is 0.00726. The van der Waals surface area contributed by atoms with E-state index in [9.17, 15) is 62.8 Å². The Morgan fingerprint density at radius 2 is 0.705 bits per heavy atom. The summed E-state index contributed by atoms with van der Waals surface area (Å²) in [6.45, 7) is 0. The highest BCUT2D eigenvalue weighted by Gasteiger charge is 2.52. The molecule has 6 rings (SSSR count). The molecule has 0 saturated heterocycles. The molecule has 0 unspecified atom stereocenters. The number of nitrogens with zero attached hydrogens (tertiary/aromatic N) is 3. The lowest BCUT2D eigenvalue weighted by atomic mass is 9.12. The summed E-state index contributed by atoms with van der Waals surface area (Å²) in [5.74, 6) is -71.0. The molecule has 5 aromatic carbocycles. The summed E-state index contributed by atoms with van der Waals surface area (Å²) in [6.07, 6.45) is -0.919. The zero-order valence-electron chi connectivity index (χ0n) is 28.3. The highest BCUT2D eigenvalue weighted by Crippen LogP contribution is 2.31. The van der Waals surface area contributed by atoms with Crippen molar-refractivity contribution in [3.05, 3.63) is 176 Å². The van der Waals surface area contributed by atoms with E-state index in [0.29, 0.717) is 5.75 Å². The molecule has 0 fully saturated rings. The molecule has 6 nitrogen and oxygen atoms in total. The van der Waals surface area contributed by atoms with Crippen molar-refractivity contribution >= 4 is 33.7 Å². The summed E-state index contributed by atoms with van der Waals surface area (Å²) in [5.41, 5.74) is -14.3. The van der Waals surface area contributed by atoms with E-state index in [0.717, 1.165) is 0 Å².